The number of methoxy groups -OCH3 is 1. The van der Waals surface area contributed by atoms with Gasteiger partial charge in [0.25, 0.3) is 0 Å². The van der Waals surface area contributed by atoms with E-state index >= 15 is 0 Å². The maximum atomic E-state index is 13.7. The molecule has 112 valence electrons. The van der Waals surface area contributed by atoms with E-state index in [1.54, 1.807) is 13.2 Å². The van der Waals surface area contributed by atoms with E-state index in [-0.39, 0.29) is 30.7 Å². The van der Waals surface area contributed by atoms with Crippen molar-refractivity contribution < 1.29 is 18.7 Å². The summed E-state index contributed by atoms with van der Waals surface area (Å²) in [6.07, 6.45) is 1.33. The summed E-state index contributed by atoms with van der Waals surface area (Å²) in [4.78, 5) is 11.7. The molecular formula is C13H18ClFN2O3. The van der Waals surface area contributed by atoms with E-state index in [4.69, 9.17) is 15.2 Å². The number of carbonyl (C=O) groups is 1. The fourth-order valence-electron chi connectivity index (χ4n) is 1.55. The fraction of sp³-hybridized carbons (Fsp3) is 0.462. The van der Waals surface area contributed by atoms with Gasteiger partial charge in [-0.2, -0.15) is 0 Å². The molecule has 20 heavy (non-hydrogen) atoms. The third kappa shape index (κ3) is 4.06. The molecule has 0 aromatic heterocycles. The first kappa shape index (κ1) is 16.7. The normalized spacial score (nSPS) is 15.2. The number of benzene rings is 1. The van der Waals surface area contributed by atoms with Crippen LogP contribution in [0.3, 0.4) is 0 Å². The molecule has 0 radical (unpaired) electrons. The van der Waals surface area contributed by atoms with Gasteiger partial charge in [-0.05, 0) is 25.0 Å². The number of rotatable bonds is 6. The molecule has 0 spiro atoms. The number of hydrogen-bond donors (Lipinski definition) is 2. The Hall–Kier alpha value is -1.37. The van der Waals surface area contributed by atoms with Crippen LogP contribution in [-0.4, -0.2) is 31.8 Å². The maximum Gasteiger partial charge on any atom is 0.244 e. The van der Waals surface area contributed by atoms with Gasteiger partial charge in [-0.15, -0.1) is 12.4 Å². The molecule has 0 bridgehead atoms. The lowest BCUT2D eigenvalue weighted by molar-refractivity contribution is -0.118. The van der Waals surface area contributed by atoms with Crippen molar-refractivity contribution in [2.45, 2.75) is 18.4 Å². The Bertz CT molecular complexity index is 481. The SMILES string of the molecule is COCCOc1ccc(NC(=O)C2(N)CC2)cc1F.Cl. The summed E-state index contributed by atoms with van der Waals surface area (Å²) in [6, 6.07) is 4.26. The Kier molecular flexibility index (Phi) is 5.74. The molecule has 1 aliphatic rings. The lowest BCUT2D eigenvalue weighted by Gasteiger charge is -2.11. The Morgan fingerprint density at radius 1 is 1.45 bits per heavy atom. The Morgan fingerprint density at radius 2 is 2.15 bits per heavy atom. The quantitative estimate of drug-likeness (QED) is 0.785. The number of nitrogens with two attached hydrogens (primary N) is 1. The van der Waals surface area contributed by atoms with Gasteiger partial charge in [0.1, 0.15) is 6.61 Å². The van der Waals surface area contributed by atoms with E-state index in [0.717, 1.165) is 0 Å². The zero-order valence-corrected chi connectivity index (χ0v) is 12.0. The lowest BCUT2D eigenvalue weighted by Crippen LogP contribution is -2.37. The van der Waals surface area contributed by atoms with Crippen molar-refractivity contribution in [3.8, 4) is 5.75 Å². The molecule has 2 rings (SSSR count). The number of carbonyl (C=O) groups excluding carboxylic acids is 1. The van der Waals surface area contributed by atoms with E-state index in [2.05, 4.69) is 5.32 Å². The second-order valence-electron chi connectivity index (χ2n) is 4.60. The summed E-state index contributed by atoms with van der Waals surface area (Å²) in [6.45, 7) is 0.651. The van der Waals surface area contributed by atoms with Gasteiger partial charge in [0.2, 0.25) is 5.91 Å². The summed E-state index contributed by atoms with van der Waals surface area (Å²) in [5, 5.41) is 2.60. The number of hydrogen-bond acceptors (Lipinski definition) is 4. The van der Waals surface area contributed by atoms with Crippen molar-refractivity contribution >= 4 is 24.0 Å². The van der Waals surface area contributed by atoms with Crippen LogP contribution in [0.5, 0.6) is 5.75 Å². The predicted molar refractivity (Wildman–Crippen MR) is 75.8 cm³/mol. The van der Waals surface area contributed by atoms with Crippen LogP contribution in [0.1, 0.15) is 12.8 Å². The highest BCUT2D eigenvalue weighted by Crippen LogP contribution is 2.33. The van der Waals surface area contributed by atoms with E-state index in [1.165, 1.54) is 12.1 Å². The van der Waals surface area contributed by atoms with Crippen LogP contribution >= 0.6 is 12.4 Å². The first-order valence-electron chi connectivity index (χ1n) is 6.07. The second-order valence-corrected chi connectivity index (χ2v) is 4.60. The highest BCUT2D eigenvalue weighted by molar-refractivity contribution is 6.00. The van der Waals surface area contributed by atoms with Crippen LogP contribution in [0.2, 0.25) is 0 Å². The Balaban J connectivity index is 0.00000200. The molecule has 7 heteroatoms. The minimum atomic E-state index is -0.774. The molecule has 0 aliphatic heterocycles. The zero-order chi connectivity index (χ0) is 13.9. The van der Waals surface area contributed by atoms with Crippen molar-refractivity contribution in [1.29, 1.82) is 0 Å². The molecule has 0 atom stereocenters. The molecule has 5 nitrogen and oxygen atoms in total. The number of halogens is 2. The molecule has 1 aromatic rings. The third-order valence-electron chi connectivity index (χ3n) is 2.98. The molecule has 1 fully saturated rings. The minimum Gasteiger partial charge on any atom is -0.488 e. The third-order valence-corrected chi connectivity index (χ3v) is 2.98. The van der Waals surface area contributed by atoms with Gasteiger partial charge in [-0.3, -0.25) is 4.79 Å². The van der Waals surface area contributed by atoms with Gasteiger partial charge >= 0.3 is 0 Å². The van der Waals surface area contributed by atoms with Gasteiger partial charge in [-0.25, -0.2) is 4.39 Å². The predicted octanol–water partition coefficient (Wildman–Crippen LogP) is 1.70. The van der Waals surface area contributed by atoms with Crippen LogP contribution in [0.25, 0.3) is 0 Å². The Labute approximate surface area is 123 Å². The minimum absolute atomic E-state index is 0. The second kappa shape index (κ2) is 6.88. The number of nitrogens with one attached hydrogen (secondary N) is 1. The smallest absolute Gasteiger partial charge is 0.244 e. The average Bonchev–Trinajstić information content (AvgIpc) is 3.12. The summed E-state index contributed by atoms with van der Waals surface area (Å²) < 4.78 is 23.7. The zero-order valence-electron chi connectivity index (χ0n) is 11.1. The van der Waals surface area contributed by atoms with Gasteiger partial charge in [-0.1, -0.05) is 0 Å². The molecular weight excluding hydrogens is 287 g/mol. The summed E-state index contributed by atoms with van der Waals surface area (Å²) in [5.41, 5.74) is 5.34. The van der Waals surface area contributed by atoms with Crippen molar-refractivity contribution in [3.05, 3.63) is 24.0 Å². The van der Waals surface area contributed by atoms with Gasteiger partial charge in [0.15, 0.2) is 11.6 Å². The molecule has 1 amide bonds. The summed E-state index contributed by atoms with van der Waals surface area (Å²) in [7, 11) is 1.54. The molecule has 3 N–H and O–H groups in total. The van der Waals surface area contributed by atoms with E-state index in [9.17, 15) is 9.18 Å². The lowest BCUT2D eigenvalue weighted by atomic mass is 10.2. The number of ether oxygens (including phenoxy) is 2. The van der Waals surface area contributed by atoms with Crippen molar-refractivity contribution in [1.82, 2.24) is 0 Å². The number of amides is 1. The molecule has 0 heterocycles. The average molecular weight is 305 g/mol. The van der Waals surface area contributed by atoms with Gasteiger partial charge < -0.3 is 20.5 Å². The first-order valence-corrected chi connectivity index (χ1v) is 6.07. The van der Waals surface area contributed by atoms with E-state index < -0.39 is 11.4 Å². The maximum absolute atomic E-state index is 13.7. The summed E-state index contributed by atoms with van der Waals surface area (Å²) >= 11 is 0. The highest BCUT2D eigenvalue weighted by atomic mass is 35.5. The monoisotopic (exact) mass is 304 g/mol. The van der Waals surface area contributed by atoms with Crippen LogP contribution in [0.15, 0.2) is 18.2 Å². The summed E-state index contributed by atoms with van der Waals surface area (Å²) in [5.74, 6) is -0.681. The molecule has 1 aromatic carbocycles. The Morgan fingerprint density at radius 3 is 2.70 bits per heavy atom. The first-order chi connectivity index (χ1) is 9.05. The van der Waals surface area contributed by atoms with Crippen molar-refractivity contribution in [2.24, 2.45) is 5.73 Å². The van der Waals surface area contributed by atoms with E-state index in [1.807, 2.05) is 0 Å². The van der Waals surface area contributed by atoms with E-state index in [0.29, 0.717) is 25.1 Å². The highest BCUT2D eigenvalue weighted by Gasteiger charge is 2.45. The van der Waals surface area contributed by atoms with Crippen LogP contribution in [0.4, 0.5) is 10.1 Å². The molecule has 1 saturated carbocycles. The van der Waals surface area contributed by atoms with Crippen LogP contribution in [0, 0.1) is 5.82 Å². The van der Waals surface area contributed by atoms with Crippen LogP contribution < -0.4 is 15.8 Å². The molecule has 0 saturated heterocycles. The number of anilines is 1. The van der Waals surface area contributed by atoms with Crippen molar-refractivity contribution in [2.75, 3.05) is 25.6 Å². The van der Waals surface area contributed by atoms with Gasteiger partial charge in [0, 0.05) is 18.9 Å². The molecule has 0 unspecified atom stereocenters. The van der Waals surface area contributed by atoms with Crippen LogP contribution in [-0.2, 0) is 9.53 Å². The fourth-order valence-corrected chi connectivity index (χ4v) is 1.55. The standard InChI is InChI=1S/C13H17FN2O3.ClH/c1-18-6-7-19-11-3-2-9(8-10(11)14)16-12(17)13(15)4-5-13;/h2-3,8H,4-7,15H2,1H3,(H,16,17);1H. The largest absolute Gasteiger partial charge is 0.488 e. The van der Waals surface area contributed by atoms with Crippen molar-refractivity contribution in [3.63, 3.8) is 0 Å². The van der Waals surface area contributed by atoms with Gasteiger partial charge in [0.05, 0.1) is 12.1 Å². The molecule has 1 aliphatic carbocycles. The topological polar surface area (TPSA) is 73.6 Å².